The van der Waals surface area contributed by atoms with Gasteiger partial charge in [-0.05, 0) is 17.7 Å². The van der Waals surface area contributed by atoms with Gasteiger partial charge in [-0.2, -0.15) is 0 Å². The molecular formula is C22H28N6O2. The van der Waals surface area contributed by atoms with E-state index in [1.165, 1.54) is 5.56 Å². The van der Waals surface area contributed by atoms with Gasteiger partial charge in [-0.3, -0.25) is 19.7 Å². The van der Waals surface area contributed by atoms with Crippen molar-refractivity contribution in [1.82, 2.24) is 20.1 Å². The highest BCUT2D eigenvalue weighted by Gasteiger charge is 2.41. The summed E-state index contributed by atoms with van der Waals surface area (Å²) in [6, 6.07) is 14.4. The molecule has 0 bridgehead atoms. The molecule has 30 heavy (non-hydrogen) atoms. The van der Waals surface area contributed by atoms with Gasteiger partial charge in [0.05, 0.1) is 37.2 Å². The number of fused-ring (bicyclic) bond motifs is 1. The number of nitrogens with one attached hydrogen (secondary N) is 2. The minimum Gasteiger partial charge on any atom is -0.373 e. The first-order valence-corrected chi connectivity index (χ1v) is 10.3. The van der Waals surface area contributed by atoms with Crippen LogP contribution in [-0.2, 0) is 16.1 Å². The highest BCUT2D eigenvalue weighted by molar-refractivity contribution is 5.94. The molecule has 8 nitrogen and oxygen atoms in total. The molecule has 2 aliphatic rings. The van der Waals surface area contributed by atoms with Crippen LogP contribution in [0.25, 0.3) is 0 Å². The van der Waals surface area contributed by atoms with Gasteiger partial charge in [-0.15, -0.1) is 0 Å². The topological polar surface area (TPSA) is 82.1 Å². The molecule has 158 valence electrons. The molecule has 3 heterocycles. The Bertz CT molecular complexity index is 860. The Morgan fingerprint density at radius 1 is 1.23 bits per heavy atom. The van der Waals surface area contributed by atoms with E-state index in [4.69, 9.17) is 4.74 Å². The number of carbonyl (C=O) groups is 1. The summed E-state index contributed by atoms with van der Waals surface area (Å²) in [5, 5.41) is 6.00. The van der Waals surface area contributed by atoms with Crippen molar-refractivity contribution < 1.29 is 9.53 Å². The SMILES string of the molecule is CN=C(NCC(=O)Nc1cccnc1)N1CC2OCCN(Cc3ccccc3)C2C1. The lowest BCUT2D eigenvalue weighted by Crippen LogP contribution is -2.50. The summed E-state index contributed by atoms with van der Waals surface area (Å²) in [4.78, 5) is 25.3. The maximum absolute atomic E-state index is 12.2. The average Bonchev–Trinajstić information content (AvgIpc) is 3.21. The fourth-order valence-corrected chi connectivity index (χ4v) is 4.08. The van der Waals surface area contributed by atoms with Crippen LogP contribution in [0.1, 0.15) is 5.56 Å². The fourth-order valence-electron chi connectivity index (χ4n) is 4.08. The molecule has 2 atom stereocenters. The summed E-state index contributed by atoms with van der Waals surface area (Å²) in [5.41, 5.74) is 1.99. The maximum Gasteiger partial charge on any atom is 0.243 e. The monoisotopic (exact) mass is 408 g/mol. The molecule has 2 aliphatic heterocycles. The third-order valence-corrected chi connectivity index (χ3v) is 5.51. The van der Waals surface area contributed by atoms with Crippen LogP contribution >= 0.6 is 0 Å². The second-order valence-corrected chi connectivity index (χ2v) is 7.53. The first-order valence-electron chi connectivity index (χ1n) is 10.3. The van der Waals surface area contributed by atoms with Gasteiger partial charge in [0, 0.05) is 39.4 Å². The van der Waals surface area contributed by atoms with E-state index in [0.29, 0.717) is 17.7 Å². The standard InChI is InChI=1S/C22H28N6O2/c1-23-22(25-13-21(29)26-18-8-5-9-24-12-18)28-15-19-20(16-28)30-11-10-27(19)14-17-6-3-2-4-7-17/h2-9,12,19-20H,10-11,13-16H2,1H3,(H,23,25)(H,26,29). The van der Waals surface area contributed by atoms with E-state index in [-0.39, 0.29) is 18.6 Å². The number of morpholine rings is 1. The van der Waals surface area contributed by atoms with Crippen LogP contribution in [0.3, 0.4) is 0 Å². The van der Waals surface area contributed by atoms with Crippen molar-refractivity contribution in [2.24, 2.45) is 4.99 Å². The Hall–Kier alpha value is -2.97. The maximum atomic E-state index is 12.2. The van der Waals surface area contributed by atoms with E-state index in [9.17, 15) is 4.79 Å². The molecule has 1 amide bonds. The molecular weight excluding hydrogens is 380 g/mol. The molecule has 4 rings (SSSR count). The Kier molecular flexibility index (Phi) is 6.56. The molecule has 2 fully saturated rings. The van der Waals surface area contributed by atoms with Crippen LogP contribution in [-0.4, -0.2) is 78.6 Å². The number of hydrogen-bond donors (Lipinski definition) is 2. The molecule has 0 spiro atoms. The third kappa shape index (κ3) is 4.95. The van der Waals surface area contributed by atoms with Gasteiger partial charge < -0.3 is 20.3 Å². The highest BCUT2D eigenvalue weighted by Crippen LogP contribution is 2.24. The Balaban J connectivity index is 1.33. The number of likely N-dealkylation sites (tertiary alicyclic amines) is 1. The zero-order valence-electron chi connectivity index (χ0n) is 17.2. The number of aromatic nitrogens is 1. The lowest BCUT2D eigenvalue weighted by molar-refractivity contribution is -0.115. The van der Waals surface area contributed by atoms with E-state index in [0.717, 1.165) is 32.8 Å². The molecule has 1 aromatic carbocycles. The van der Waals surface area contributed by atoms with Gasteiger partial charge in [-0.25, -0.2) is 0 Å². The van der Waals surface area contributed by atoms with Gasteiger partial charge in [-0.1, -0.05) is 30.3 Å². The molecule has 2 aromatic rings. The average molecular weight is 409 g/mol. The van der Waals surface area contributed by atoms with Crippen molar-refractivity contribution in [3.05, 3.63) is 60.4 Å². The zero-order valence-corrected chi connectivity index (χ0v) is 17.2. The second kappa shape index (κ2) is 9.69. The molecule has 0 aliphatic carbocycles. The predicted molar refractivity (Wildman–Crippen MR) is 116 cm³/mol. The van der Waals surface area contributed by atoms with Crippen LogP contribution in [0.4, 0.5) is 5.69 Å². The number of guanidine groups is 1. The molecule has 1 aromatic heterocycles. The number of amides is 1. The third-order valence-electron chi connectivity index (χ3n) is 5.51. The highest BCUT2D eigenvalue weighted by atomic mass is 16.5. The van der Waals surface area contributed by atoms with Crippen molar-refractivity contribution in [1.29, 1.82) is 0 Å². The number of carbonyl (C=O) groups excluding carboxylic acids is 1. The summed E-state index contributed by atoms with van der Waals surface area (Å²) >= 11 is 0. The summed E-state index contributed by atoms with van der Waals surface area (Å²) in [7, 11) is 1.74. The van der Waals surface area contributed by atoms with Gasteiger partial charge in [0.2, 0.25) is 5.91 Å². The Labute approximate surface area is 177 Å². The number of nitrogens with zero attached hydrogens (tertiary/aromatic N) is 4. The van der Waals surface area contributed by atoms with Crippen LogP contribution < -0.4 is 10.6 Å². The van der Waals surface area contributed by atoms with E-state index in [1.54, 1.807) is 25.5 Å². The molecule has 0 saturated carbocycles. The van der Waals surface area contributed by atoms with E-state index < -0.39 is 0 Å². The molecule has 2 unspecified atom stereocenters. The van der Waals surface area contributed by atoms with Gasteiger partial charge in [0.1, 0.15) is 0 Å². The first-order chi connectivity index (χ1) is 14.7. The van der Waals surface area contributed by atoms with Crippen molar-refractivity contribution in [2.45, 2.75) is 18.7 Å². The van der Waals surface area contributed by atoms with Crippen LogP contribution in [0, 0.1) is 0 Å². The van der Waals surface area contributed by atoms with Crippen molar-refractivity contribution in [2.75, 3.05) is 45.2 Å². The second-order valence-electron chi connectivity index (χ2n) is 7.53. The number of rotatable bonds is 5. The van der Waals surface area contributed by atoms with Gasteiger partial charge >= 0.3 is 0 Å². The number of ether oxygens (including phenoxy) is 1. The number of hydrogen-bond acceptors (Lipinski definition) is 5. The minimum absolute atomic E-state index is 0.136. The number of anilines is 1. The minimum atomic E-state index is -0.136. The fraction of sp³-hybridized carbons (Fsp3) is 0.409. The first kappa shape index (κ1) is 20.3. The van der Waals surface area contributed by atoms with Gasteiger partial charge in [0.15, 0.2) is 5.96 Å². The quantitative estimate of drug-likeness (QED) is 0.571. The lowest BCUT2D eigenvalue weighted by Gasteiger charge is -2.36. The smallest absolute Gasteiger partial charge is 0.243 e. The van der Waals surface area contributed by atoms with Crippen molar-refractivity contribution in [3.8, 4) is 0 Å². The number of benzene rings is 1. The number of pyridine rings is 1. The van der Waals surface area contributed by atoms with Crippen molar-refractivity contribution in [3.63, 3.8) is 0 Å². The van der Waals surface area contributed by atoms with Crippen molar-refractivity contribution >= 4 is 17.6 Å². The lowest BCUT2D eigenvalue weighted by atomic mass is 10.1. The molecule has 2 saturated heterocycles. The molecule has 0 radical (unpaired) electrons. The Morgan fingerprint density at radius 3 is 2.87 bits per heavy atom. The summed E-state index contributed by atoms with van der Waals surface area (Å²) < 4.78 is 6.05. The predicted octanol–water partition coefficient (Wildman–Crippen LogP) is 1.18. The van der Waals surface area contributed by atoms with E-state index in [1.807, 2.05) is 12.1 Å². The van der Waals surface area contributed by atoms with Crippen LogP contribution in [0.5, 0.6) is 0 Å². The summed E-state index contributed by atoms with van der Waals surface area (Å²) in [6.07, 6.45) is 3.44. The largest absolute Gasteiger partial charge is 0.373 e. The van der Waals surface area contributed by atoms with Crippen LogP contribution in [0.2, 0.25) is 0 Å². The summed E-state index contributed by atoms with van der Waals surface area (Å²) in [5.74, 6) is 0.580. The van der Waals surface area contributed by atoms with Crippen LogP contribution in [0.15, 0.2) is 59.9 Å². The molecule has 8 heteroatoms. The summed E-state index contributed by atoms with van der Waals surface area (Å²) in [6.45, 7) is 4.30. The zero-order chi connectivity index (χ0) is 20.8. The normalized spacial score (nSPS) is 21.9. The van der Waals surface area contributed by atoms with Gasteiger partial charge in [0.25, 0.3) is 0 Å². The number of aliphatic imine (C=N–C) groups is 1. The molecule has 2 N–H and O–H groups in total. The van der Waals surface area contributed by atoms with E-state index in [2.05, 4.69) is 54.7 Å². The Morgan fingerprint density at radius 2 is 2.10 bits per heavy atom. The van der Waals surface area contributed by atoms with E-state index >= 15 is 0 Å².